The number of nitrogens with zero attached hydrogens (tertiary/aromatic N) is 3. The van der Waals surface area contributed by atoms with Crippen LogP contribution in [-0.4, -0.2) is 38.9 Å². The van der Waals surface area contributed by atoms with Crippen molar-refractivity contribution < 1.29 is 14.3 Å². The Balaban J connectivity index is 1.75. The van der Waals surface area contributed by atoms with Gasteiger partial charge in [-0.2, -0.15) is 0 Å². The molecular weight excluding hydrogens is 402 g/mol. The Labute approximate surface area is 178 Å². The normalized spacial score (nSPS) is 10.6. The van der Waals surface area contributed by atoms with Gasteiger partial charge in [-0.25, -0.2) is 0 Å². The second-order valence-corrected chi connectivity index (χ2v) is 7.44. The van der Waals surface area contributed by atoms with Gasteiger partial charge in [0.1, 0.15) is 12.3 Å². The third-order valence-electron chi connectivity index (χ3n) is 4.10. The summed E-state index contributed by atoms with van der Waals surface area (Å²) >= 11 is 1.18. The fourth-order valence-electron chi connectivity index (χ4n) is 2.86. The van der Waals surface area contributed by atoms with Crippen LogP contribution in [-0.2, 0) is 16.1 Å². The van der Waals surface area contributed by atoms with Gasteiger partial charge in [0.25, 0.3) is 0 Å². The molecular formula is C21H23N5O3S. The van der Waals surface area contributed by atoms with E-state index in [9.17, 15) is 9.59 Å². The molecule has 0 fully saturated rings. The first-order valence-electron chi connectivity index (χ1n) is 9.41. The quantitative estimate of drug-likeness (QED) is 0.510. The Kier molecular flexibility index (Phi) is 7.08. The summed E-state index contributed by atoms with van der Waals surface area (Å²) in [4.78, 5) is 24.1. The molecule has 0 spiro atoms. The molecule has 0 aliphatic carbocycles. The number of carbonyl (C=O) groups excluding carboxylic acids is 2. The van der Waals surface area contributed by atoms with Crippen LogP contribution in [0.25, 0.3) is 11.4 Å². The number of nitrogens with two attached hydrogens (primary N) is 1. The van der Waals surface area contributed by atoms with Crippen LogP contribution in [0.2, 0.25) is 0 Å². The summed E-state index contributed by atoms with van der Waals surface area (Å²) in [6, 6.07) is 15.0. The van der Waals surface area contributed by atoms with Crippen molar-refractivity contribution in [1.29, 1.82) is 0 Å². The zero-order chi connectivity index (χ0) is 21.5. The maximum Gasteiger partial charge on any atom is 0.237 e. The van der Waals surface area contributed by atoms with Crippen LogP contribution in [0.4, 0.5) is 5.69 Å². The largest absolute Gasteiger partial charge is 0.492 e. The van der Waals surface area contributed by atoms with E-state index in [4.69, 9.17) is 10.5 Å². The van der Waals surface area contributed by atoms with Gasteiger partial charge in [-0.15, -0.1) is 10.2 Å². The van der Waals surface area contributed by atoms with Crippen molar-refractivity contribution in [3.8, 4) is 17.1 Å². The third-order valence-corrected chi connectivity index (χ3v) is 5.07. The van der Waals surface area contributed by atoms with Crippen LogP contribution in [0.5, 0.6) is 5.75 Å². The summed E-state index contributed by atoms with van der Waals surface area (Å²) in [6.45, 7) is 4.28. The highest BCUT2D eigenvalue weighted by Crippen LogP contribution is 2.26. The number of ether oxygens (including phenoxy) is 1. The number of thioether (sulfide) groups is 1. The van der Waals surface area contributed by atoms with Gasteiger partial charge in [0.05, 0.1) is 18.0 Å². The predicted molar refractivity (Wildman–Crippen MR) is 116 cm³/mol. The highest BCUT2D eigenvalue weighted by molar-refractivity contribution is 7.99. The lowest BCUT2D eigenvalue weighted by Crippen LogP contribution is -2.20. The monoisotopic (exact) mass is 425 g/mol. The van der Waals surface area contributed by atoms with Gasteiger partial charge in [-0.3, -0.25) is 14.2 Å². The van der Waals surface area contributed by atoms with Gasteiger partial charge in [0.2, 0.25) is 11.8 Å². The Morgan fingerprint density at radius 1 is 1.17 bits per heavy atom. The number of amides is 2. The van der Waals surface area contributed by atoms with Gasteiger partial charge in [0, 0.05) is 5.56 Å². The van der Waals surface area contributed by atoms with Crippen molar-refractivity contribution in [3.63, 3.8) is 0 Å². The fraction of sp³-hybridized carbons (Fsp3) is 0.238. The Morgan fingerprint density at radius 2 is 1.97 bits per heavy atom. The lowest BCUT2D eigenvalue weighted by Gasteiger charge is -2.11. The molecule has 156 valence electrons. The van der Waals surface area contributed by atoms with E-state index in [1.807, 2.05) is 50.2 Å². The first-order chi connectivity index (χ1) is 14.5. The number of para-hydroxylation sites is 2. The molecule has 1 aromatic heterocycles. The summed E-state index contributed by atoms with van der Waals surface area (Å²) in [5.74, 6) is 0.489. The standard InChI is InChI=1S/C21H23N5O3S/c1-3-29-17-10-5-4-9-16(17)23-19(28)13-30-21-25-24-20(26(21)12-18(22)27)15-8-6-7-14(2)11-15/h4-11H,3,12-13H2,1-2H3,(H2,22,27)(H,23,28). The zero-order valence-corrected chi connectivity index (χ0v) is 17.6. The second-order valence-electron chi connectivity index (χ2n) is 6.49. The topological polar surface area (TPSA) is 112 Å². The molecule has 0 aliphatic rings. The Hall–Kier alpha value is -3.33. The number of carbonyl (C=O) groups is 2. The average molecular weight is 426 g/mol. The van der Waals surface area contributed by atoms with Gasteiger partial charge in [-0.05, 0) is 32.0 Å². The maximum absolute atomic E-state index is 12.5. The first-order valence-corrected chi connectivity index (χ1v) is 10.4. The van der Waals surface area contributed by atoms with Crippen LogP contribution >= 0.6 is 11.8 Å². The summed E-state index contributed by atoms with van der Waals surface area (Å²) in [5, 5.41) is 11.7. The number of hydrogen-bond donors (Lipinski definition) is 2. The number of nitrogens with one attached hydrogen (secondary N) is 1. The Morgan fingerprint density at radius 3 is 2.70 bits per heavy atom. The predicted octanol–water partition coefficient (Wildman–Crippen LogP) is 2.87. The summed E-state index contributed by atoms with van der Waals surface area (Å²) in [7, 11) is 0. The second kappa shape index (κ2) is 9.93. The number of aromatic nitrogens is 3. The number of primary amides is 1. The molecule has 2 amide bonds. The van der Waals surface area contributed by atoms with Crippen molar-refractivity contribution in [1.82, 2.24) is 14.8 Å². The zero-order valence-electron chi connectivity index (χ0n) is 16.8. The molecule has 0 atom stereocenters. The van der Waals surface area contributed by atoms with Crippen LogP contribution < -0.4 is 15.8 Å². The van der Waals surface area contributed by atoms with Crippen LogP contribution in [0, 0.1) is 6.92 Å². The molecule has 0 saturated carbocycles. The van der Waals surface area contributed by atoms with E-state index in [0.717, 1.165) is 11.1 Å². The first kappa shape index (κ1) is 21.4. The minimum atomic E-state index is -0.513. The van der Waals surface area contributed by atoms with Crippen molar-refractivity contribution in [2.45, 2.75) is 25.5 Å². The smallest absolute Gasteiger partial charge is 0.237 e. The van der Waals surface area contributed by atoms with Gasteiger partial charge in [-0.1, -0.05) is 47.7 Å². The lowest BCUT2D eigenvalue weighted by molar-refractivity contribution is -0.118. The molecule has 0 unspecified atom stereocenters. The molecule has 30 heavy (non-hydrogen) atoms. The molecule has 9 heteroatoms. The van der Waals surface area contributed by atoms with Crippen molar-refractivity contribution >= 4 is 29.3 Å². The number of rotatable bonds is 9. The maximum atomic E-state index is 12.5. The van der Waals surface area contributed by atoms with Crippen LogP contribution in [0.1, 0.15) is 12.5 Å². The molecule has 0 bridgehead atoms. The van der Waals surface area contributed by atoms with E-state index in [1.54, 1.807) is 16.7 Å². The SMILES string of the molecule is CCOc1ccccc1NC(=O)CSc1nnc(-c2cccc(C)c2)n1CC(N)=O. The average Bonchev–Trinajstić information content (AvgIpc) is 3.10. The minimum absolute atomic E-state index is 0.0760. The van der Waals surface area contributed by atoms with Gasteiger partial charge >= 0.3 is 0 Å². The molecule has 8 nitrogen and oxygen atoms in total. The Bertz CT molecular complexity index is 1050. The number of hydrogen-bond acceptors (Lipinski definition) is 6. The van der Waals surface area contributed by atoms with Crippen LogP contribution in [0.15, 0.2) is 53.7 Å². The highest BCUT2D eigenvalue weighted by Gasteiger charge is 2.18. The van der Waals surface area contributed by atoms with E-state index in [2.05, 4.69) is 15.5 Å². The van der Waals surface area contributed by atoms with Crippen molar-refractivity contribution in [3.05, 3.63) is 54.1 Å². The summed E-state index contributed by atoms with van der Waals surface area (Å²) in [6.07, 6.45) is 0. The molecule has 0 radical (unpaired) electrons. The minimum Gasteiger partial charge on any atom is -0.492 e. The van der Waals surface area contributed by atoms with Crippen LogP contribution in [0.3, 0.4) is 0 Å². The lowest BCUT2D eigenvalue weighted by atomic mass is 10.1. The van der Waals surface area contributed by atoms with Gasteiger partial charge < -0.3 is 15.8 Å². The van der Waals surface area contributed by atoms with Crippen molar-refractivity contribution in [2.24, 2.45) is 5.73 Å². The summed E-state index contributed by atoms with van der Waals surface area (Å²) < 4.78 is 7.15. The molecule has 3 N–H and O–H groups in total. The number of anilines is 1. The third kappa shape index (κ3) is 5.38. The number of benzene rings is 2. The molecule has 1 heterocycles. The van der Waals surface area contributed by atoms with E-state index in [0.29, 0.717) is 29.0 Å². The molecule has 0 saturated heterocycles. The van der Waals surface area contributed by atoms with E-state index in [-0.39, 0.29) is 18.2 Å². The number of aryl methyl sites for hydroxylation is 1. The van der Waals surface area contributed by atoms with Gasteiger partial charge in [0.15, 0.2) is 11.0 Å². The van der Waals surface area contributed by atoms with Crippen molar-refractivity contribution in [2.75, 3.05) is 17.7 Å². The van der Waals surface area contributed by atoms with E-state index < -0.39 is 5.91 Å². The molecule has 3 rings (SSSR count). The summed E-state index contributed by atoms with van der Waals surface area (Å²) in [5.41, 5.74) is 7.90. The van der Waals surface area contributed by atoms with E-state index >= 15 is 0 Å². The molecule has 3 aromatic rings. The molecule has 0 aliphatic heterocycles. The molecule has 2 aromatic carbocycles. The highest BCUT2D eigenvalue weighted by atomic mass is 32.2. The van der Waals surface area contributed by atoms with E-state index in [1.165, 1.54) is 11.8 Å². The fourth-order valence-corrected chi connectivity index (χ4v) is 3.60.